The Hall–Kier alpha value is -10.2. The number of hydrogen-bond acceptors (Lipinski definition) is 31. The molecule has 0 aliphatic carbocycles. The number of ether oxygens (including phenoxy) is 21. The Balaban J connectivity index is 0.665. The smallest absolute Gasteiger partial charge is 0.411 e. The molecule has 8 aliphatic heterocycles. The fourth-order valence-electron chi connectivity index (χ4n) is 18.4. The van der Waals surface area contributed by atoms with E-state index in [9.17, 15) is 45.8 Å². The Morgan fingerprint density at radius 1 is 0.314 bits per heavy atom. The molecule has 0 unspecified atom stereocenters. The summed E-state index contributed by atoms with van der Waals surface area (Å²) in [6.45, 7) is -1.63. The highest BCUT2D eigenvalue weighted by Crippen LogP contribution is 2.43. The zero-order chi connectivity index (χ0) is 94.5. The number of carbonyl (C=O) groups is 2. The summed E-state index contributed by atoms with van der Waals surface area (Å²) >= 11 is 0. The van der Waals surface area contributed by atoms with Crippen molar-refractivity contribution in [2.45, 2.75) is 243 Å². The number of fused-ring (bicyclic) bond motifs is 2. The molecule has 35 nitrogen and oxygen atoms in total. The van der Waals surface area contributed by atoms with E-state index in [0.717, 1.165) is 33.4 Å². The molecule has 0 radical (unpaired) electrons. The number of azide groups is 1. The summed E-state index contributed by atoms with van der Waals surface area (Å²) in [7, 11) is 1.32. The molecule has 0 bridgehead atoms. The van der Waals surface area contributed by atoms with Gasteiger partial charge in [-0.05, 0) is 55.6 Å². The summed E-state index contributed by atoms with van der Waals surface area (Å²) in [4.78, 5) is 34.4. The predicted molar refractivity (Wildman–Crippen MR) is 484 cm³/mol. The molecule has 0 saturated carbocycles. The first-order valence-electron chi connectivity index (χ1n) is 46.1. The van der Waals surface area contributed by atoms with Crippen molar-refractivity contribution in [1.82, 2.24) is 9.80 Å². The van der Waals surface area contributed by atoms with Gasteiger partial charge in [-0.25, -0.2) is 9.59 Å². The highest BCUT2D eigenvalue weighted by Gasteiger charge is 2.63. The normalized spacial score (nSPS) is 32.6. The first kappa shape index (κ1) is 98.4. The monoisotopic (exact) mass is 1890 g/mol. The fourth-order valence-corrected chi connectivity index (χ4v) is 18.4. The number of nitrogens with zero attached hydrogens (tertiary/aromatic N) is 5. The molecule has 137 heavy (non-hydrogen) atoms. The summed E-state index contributed by atoms with van der Waals surface area (Å²) in [5, 5.41) is 80.2. The summed E-state index contributed by atoms with van der Waals surface area (Å²) in [5.74, 6) is 0. The lowest BCUT2D eigenvalue weighted by atomic mass is 9.94. The quantitative estimate of drug-likeness (QED) is 0.0107. The molecule has 17 rings (SSSR count). The van der Waals surface area contributed by atoms with Crippen molar-refractivity contribution >= 4 is 12.2 Å². The summed E-state index contributed by atoms with van der Waals surface area (Å²) < 4.78 is 140. The molecule has 8 saturated heterocycles. The van der Waals surface area contributed by atoms with Gasteiger partial charge in [0.05, 0.1) is 91.9 Å². The zero-order valence-electron chi connectivity index (χ0n) is 75.3. The van der Waals surface area contributed by atoms with Crippen LogP contribution in [0.15, 0.2) is 278 Å². The van der Waals surface area contributed by atoms with Crippen molar-refractivity contribution in [3.63, 3.8) is 0 Å². The molecule has 0 spiro atoms. The average molecular weight is 1890 g/mol. The van der Waals surface area contributed by atoms with Crippen molar-refractivity contribution in [3.8, 4) is 0 Å². The molecule has 9 aromatic carbocycles. The molecule has 8 aliphatic rings. The van der Waals surface area contributed by atoms with Crippen LogP contribution in [-0.2, 0) is 159 Å². The summed E-state index contributed by atoms with van der Waals surface area (Å²) in [6.07, 6.45) is -40.8. The van der Waals surface area contributed by atoms with Crippen LogP contribution in [0.25, 0.3) is 10.4 Å². The van der Waals surface area contributed by atoms with E-state index in [1.807, 2.05) is 273 Å². The number of rotatable bonds is 43. The van der Waals surface area contributed by atoms with Crippen molar-refractivity contribution in [3.05, 3.63) is 334 Å². The van der Waals surface area contributed by atoms with Crippen molar-refractivity contribution in [1.29, 1.82) is 0 Å². The van der Waals surface area contributed by atoms with Gasteiger partial charge in [-0.2, -0.15) is 0 Å². The number of amides is 2. The number of aliphatic hydroxyl groups excluding tert-OH is 6. The summed E-state index contributed by atoms with van der Waals surface area (Å²) in [6, 6.07) is 78.1. The van der Waals surface area contributed by atoms with E-state index in [1.165, 1.54) is 16.9 Å². The molecular formula is C102H116N6O29. The predicted octanol–water partition coefficient (Wildman–Crippen LogP) is 8.75. The van der Waals surface area contributed by atoms with Crippen LogP contribution in [0.3, 0.4) is 0 Å². The number of aliphatic hydroxyl groups is 6. The Morgan fingerprint density at radius 2 is 0.599 bits per heavy atom. The topological polar surface area (TPSA) is 431 Å². The maximum absolute atomic E-state index is 14.2. The minimum Gasteiger partial charge on any atom is -0.441 e. The van der Waals surface area contributed by atoms with Crippen LogP contribution in [0.4, 0.5) is 9.59 Å². The Labute approximate surface area is 792 Å². The van der Waals surface area contributed by atoms with E-state index < -0.39 is 203 Å². The van der Waals surface area contributed by atoms with Crippen LogP contribution in [0.1, 0.15) is 50.1 Å². The highest BCUT2D eigenvalue weighted by molar-refractivity contribution is 5.72. The second-order valence-corrected chi connectivity index (χ2v) is 34.9. The molecule has 2 amide bonds. The lowest BCUT2D eigenvalue weighted by Gasteiger charge is -2.50. The Bertz CT molecular complexity index is 5200. The van der Waals surface area contributed by atoms with Gasteiger partial charge >= 0.3 is 12.2 Å². The van der Waals surface area contributed by atoms with Crippen LogP contribution in [0, 0.1) is 0 Å². The fraction of sp³-hybridized carbons (Fsp3) is 0.451. The molecule has 9 aromatic rings. The van der Waals surface area contributed by atoms with Crippen molar-refractivity contribution in [2.75, 3.05) is 46.8 Å². The first-order valence-corrected chi connectivity index (χ1v) is 46.1. The summed E-state index contributed by atoms with van der Waals surface area (Å²) in [5.41, 5.74) is 25.0. The maximum Gasteiger partial charge on any atom is 0.411 e. The lowest BCUT2D eigenvalue weighted by molar-refractivity contribution is -0.375. The third-order valence-corrected chi connectivity index (χ3v) is 25.5. The zero-order valence-corrected chi connectivity index (χ0v) is 75.3. The lowest BCUT2D eigenvalue weighted by Crippen LogP contribution is -2.68. The third-order valence-electron chi connectivity index (χ3n) is 25.5. The second kappa shape index (κ2) is 48.1. The van der Waals surface area contributed by atoms with Gasteiger partial charge in [0.2, 0.25) is 0 Å². The molecule has 8 fully saturated rings. The molecule has 8 N–H and O–H groups in total. The molecule has 728 valence electrons. The van der Waals surface area contributed by atoms with Gasteiger partial charge < -0.3 is 136 Å². The number of nitrogens with two attached hydrogens (primary N) is 1. The number of benzene rings is 9. The van der Waals surface area contributed by atoms with Crippen LogP contribution in [0.2, 0.25) is 0 Å². The van der Waals surface area contributed by atoms with Gasteiger partial charge in [0.25, 0.3) is 0 Å². The van der Waals surface area contributed by atoms with Crippen molar-refractivity contribution < 1.29 is 140 Å². The van der Waals surface area contributed by atoms with Gasteiger partial charge in [0, 0.05) is 25.1 Å². The number of hydrogen-bond donors (Lipinski definition) is 7. The van der Waals surface area contributed by atoms with E-state index in [0.29, 0.717) is 16.7 Å². The van der Waals surface area contributed by atoms with E-state index in [2.05, 4.69) is 10.0 Å². The van der Waals surface area contributed by atoms with E-state index in [1.54, 1.807) is 0 Å². The average Bonchev–Trinajstić information content (AvgIpc) is 1.60. The molecule has 30 atom stereocenters. The van der Waals surface area contributed by atoms with E-state index >= 15 is 0 Å². The standard InChI is InChI=1S/C102H116N6O29/c1-117-96-78(105-106-104)92(135-100-86(114)84(112)88(74(131-100)59-121-52-67-39-21-7-22-40-67)133-98-80-94(137-102(116)108(80)48-63-31-13-3-14-32-63)82(110)72(127-98)57-119-50-65-35-17-5-18-36-65)89(123-54-69-43-25-9-26-44-69)76(129-96)61-125-95-77(103)91(124-55-70-45-27-10-28-46-70)90(75(128-95)60-122-53-68-41-23-8-24-42-68)134-99-85(113)83(111)87(73(130-99)58-120-51-66-37-19-6-20-38-66)132-97-79-93(136-101(115)107(79)47-62-29-11-2-12-30-62)81(109)71(126-97)56-118-49-64-33-15-4-16-34-64/h2-46,71-100,109-114H,47-61,103H2,1H3/t71-,72-,73-,74-,75-,76-,77-,78-,79-,80-,81-,82-,83-,84-,85-,86-,87+,88+,89+,90-,91-,92-,93-,94-,95-,96+,97-,98-,99+,100+/m1/s1. The largest absolute Gasteiger partial charge is 0.441 e. The van der Waals surface area contributed by atoms with Gasteiger partial charge in [0.15, 0.2) is 49.9 Å². The highest BCUT2D eigenvalue weighted by atomic mass is 16.8. The van der Waals surface area contributed by atoms with E-state index in [-0.39, 0.29) is 92.4 Å². The molecule has 0 aromatic heterocycles. The minimum atomic E-state index is -2.03. The SMILES string of the molecule is CO[C@H]1O[C@H](CO[C@@H]2O[C@H](COCc3ccccc3)[C@@H](O[C@@H]3O[C@H](COCc4ccccc4)[C@H](O[C@H]4O[C@H](COCc5ccccc5)[C@@H](O)[C@@H]5OC(=O)N(Cc6ccccc6)[C@@H]45)[C@H](O)[C@H]3O)[C@H](OCc3ccccc3)[C@H]2N)[C@H](OCc2ccccc2)[C@H](O[C@@H]2O[C@H](COCc3ccccc3)[C@H](O[C@H]3O[C@H](COCc4ccccc4)[C@@H](O)[C@@H]4OC(=O)N(Cc5ccccc5)[C@@H]34)[C@H](O)[C@H]2O)[C@H]1N=[N+]=[N-]. The second-order valence-electron chi connectivity index (χ2n) is 34.9. The number of methoxy groups -OCH3 is 1. The Kier molecular flexibility index (Phi) is 34.6. The van der Waals surface area contributed by atoms with Crippen LogP contribution >= 0.6 is 0 Å². The molecular weight excluding hydrogens is 1770 g/mol. The van der Waals surface area contributed by atoms with E-state index in [4.69, 9.17) is 105 Å². The molecule has 8 heterocycles. The van der Waals surface area contributed by atoms with Crippen molar-refractivity contribution in [2.24, 2.45) is 10.8 Å². The first-order chi connectivity index (χ1) is 67.1. The van der Waals surface area contributed by atoms with Gasteiger partial charge in [0.1, 0.15) is 128 Å². The maximum atomic E-state index is 14.2. The van der Waals surface area contributed by atoms with Gasteiger partial charge in [-0.15, -0.1) is 0 Å². The molecule has 35 heteroatoms. The Morgan fingerprint density at radius 3 is 0.949 bits per heavy atom. The third kappa shape index (κ3) is 24.6. The minimum absolute atomic E-state index is 0.00400. The van der Waals surface area contributed by atoms with Gasteiger partial charge in [-0.3, -0.25) is 9.80 Å². The number of carbonyl (C=O) groups excluding carboxylic acids is 2. The van der Waals surface area contributed by atoms with Gasteiger partial charge in [-0.1, -0.05) is 278 Å². The van der Waals surface area contributed by atoms with Crippen LogP contribution in [0.5, 0.6) is 0 Å². The van der Waals surface area contributed by atoms with Crippen LogP contribution in [-0.4, -0.2) is 283 Å². The van der Waals surface area contributed by atoms with Crippen LogP contribution < -0.4 is 5.73 Å².